The molecule has 0 unspecified atom stereocenters. The van der Waals surface area contributed by atoms with Crippen LogP contribution in [0.1, 0.15) is 12.5 Å². The van der Waals surface area contributed by atoms with Crippen LogP contribution in [0.3, 0.4) is 0 Å². The SMILES string of the molecule is CCOc1ccc(/C=N/NC)cc1Cl. The van der Waals surface area contributed by atoms with Gasteiger partial charge in [0.2, 0.25) is 0 Å². The highest BCUT2D eigenvalue weighted by atomic mass is 35.5. The maximum Gasteiger partial charge on any atom is 0.137 e. The molecule has 1 aromatic carbocycles. The fourth-order valence-corrected chi connectivity index (χ4v) is 1.25. The van der Waals surface area contributed by atoms with Crippen molar-refractivity contribution in [3.05, 3.63) is 28.8 Å². The Labute approximate surface area is 88.7 Å². The Morgan fingerprint density at radius 1 is 1.57 bits per heavy atom. The first-order valence-corrected chi connectivity index (χ1v) is 4.78. The van der Waals surface area contributed by atoms with Gasteiger partial charge in [-0.1, -0.05) is 11.6 Å². The van der Waals surface area contributed by atoms with Gasteiger partial charge in [-0.15, -0.1) is 0 Å². The van der Waals surface area contributed by atoms with E-state index in [0.29, 0.717) is 17.4 Å². The zero-order chi connectivity index (χ0) is 10.4. The van der Waals surface area contributed by atoms with E-state index in [-0.39, 0.29) is 0 Å². The number of ether oxygens (including phenoxy) is 1. The van der Waals surface area contributed by atoms with E-state index < -0.39 is 0 Å². The van der Waals surface area contributed by atoms with Gasteiger partial charge in [-0.3, -0.25) is 0 Å². The van der Waals surface area contributed by atoms with Gasteiger partial charge in [-0.25, -0.2) is 0 Å². The molecule has 4 heteroatoms. The van der Waals surface area contributed by atoms with Crippen LogP contribution >= 0.6 is 11.6 Å². The molecular weight excluding hydrogens is 200 g/mol. The summed E-state index contributed by atoms with van der Waals surface area (Å²) < 4.78 is 5.30. The second-order valence-corrected chi connectivity index (χ2v) is 3.01. The maximum atomic E-state index is 5.98. The van der Waals surface area contributed by atoms with Gasteiger partial charge in [0.05, 0.1) is 17.8 Å². The minimum absolute atomic E-state index is 0.604. The van der Waals surface area contributed by atoms with Gasteiger partial charge >= 0.3 is 0 Å². The average molecular weight is 213 g/mol. The van der Waals surface area contributed by atoms with Crippen molar-refractivity contribution in [2.24, 2.45) is 5.10 Å². The van der Waals surface area contributed by atoms with Crippen LogP contribution in [0, 0.1) is 0 Å². The van der Waals surface area contributed by atoms with Gasteiger partial charge in [0.1, 0.15) is 5.75 Å². The van der Waals surface area contributed by atoms with Gasteiger partial charge in [-0.05, 0) is 30.7 Å². The lowest BCUT2D eigenvalue weighted by Gasteiger charge is -2.05. The molecule has 1 aromatic rings. The summed E-state index contributed by atoms with van der Waals surface area (Å²) >= 11 is 5.98. The molecule has 0 saturated heterocycles. The van der Waals surface area contributed by atoms with Gasteiger partial charge in [0.25, 0.3) is 0 Å². The van der Waals surface area contributed by atoms with Crippen molar-refractivity contribution in [3.8, 4) is 5.75 Å². The molecule has 0 atom stereocenters. The molecule has 1 N–H and O–H groups in total. The Kier molecular flexibility index (Phi) is 4.26. The third-order valence-electron chi connectivity index (χ3n) is 1.60. The molecule has 14 heavy (non-hydrogen) atoms. The van der Waals surface area contributed by atoms with Gasteiger partial charge in [-0.2, -0.15) is 5.10 Å². The first-order valence-electron chi connectivity index (χ1n) is 4.40. The molecule has 0 spiro atoms. The molecule has 0 bridgehead atoms. The Morgan fingerprint density at radius 3 is 2.93 bits per heavy atom. The topological polar surface area (TPSA) is 33.6 Å². The van der Waals surface area contributed by atoms with Crippen LogP contribution < -0.4 is 10.2 Å². The molecule has 0 saturated carbocycles. The highest BCUT2D eigenvalue weighted by Crippen LogP contribution is 2.24. The van der Waals surface area contributed by atoms with Crippen molar-refractivity contribution in [1.82, 2.24) is 5.43 Å². The Balaban J connectivity index is 2.83. The standard InChI is InChI=1S/C10H13ClN2O/c1-3-14-10-5-4-8(6-9(10)11)7-13-12-2/h4-7,12H,3H2,1-2H3/b13-7+. The summed E-state index contributed by atoms with van der Waals surface area (Å²) in [5.74, 6) is 0.704. The molecule has 0 aromatic heterocycles. The maximum absolute atomic E-state index is 5.98. The summed E-state index contributed by atoms with van der Waals surface area (Å²) in [6.07, 6.45) is 1.70. The zero-order valence-electron chi connectivity index (χ0n) is 8.25. The molecule has 0 amide bonds. The molecule has 0 heterocycles. The molecule has 1 rings (SSSR count). The fraction of sp³-hybridized carbons (Fsp3) is 0.300. The summed E-state index contributed by atoms with van der Waals surface area (Å²) in [5.41, 5.74) is 3.61. The third kappa shape index (κ3) is 2.92. The Bertz CT molecular complexity index is 326. The second kappa shape index (κ2) is 5.50. The highest BCUT2D eigenvalue weighted by Gasteiger charge is 2.00. The summed E-state index contributed by atoms with van der Waals surface area (Å²) in [4.78, 5) is 0. The average Bonchev–Trinajstić information content (AvgIpc) is 2.19. The number of hydrazone groups is 1. The molecule has 0 aliphatic carbocycles. The number of benzene rings is 1. The number of hydrogen-bond donors (Lipinski definition) is 1. The van der Waals surface area contributed by atoms with E-state index >= 15 is 0 Å². The second-order valence-electron chi connectivity index (χ2n) is 2.60. The van der Waals surface area contributed by atoms with Crippen molar-refractivity contribution >= 4 is 17.8 Å². The molecule has 3 nitrogen and oxygen atoms in total. The van der Waals surface area contributed by atoms with Crippen LogP contribution in [0.4, 0.5) is 0 Å². The van der Waals surface area contributed by atoms with Crippen LogP contribution in [0.25, 0.3) is 0 Å². The lowest BCUT2D eigenvalue weighted by molar-refractivity contribution is 0.340. The van der Waals surface area contributed by atoms with E-state index in [2.05, 4.69) is 10.5 Å². The summed E-state index contributed by atoms with van der Waals surface area (Å²) in [6, 6.07) is 5.55. The van der Waals surface area contributed by atoms with Gasteiger partial charge < -0.3 is 10.2 Å². The number of nitrogens with zero attached hydrogens (tertiary/aromatic N) is 1. The monoisotopic (exact) mass is 212 g/mol. The quantitative estimate of drug-likeness (QED) is 0.614. The Morgan fingerprint density at radius 2 is 2.36 bits per heavy atom. The minimum Gasteiger partial charge on any atom is -0.492 e. The number of hydrogen-bond acceptors (Lipinski definition) is 3. The van der Waals surface area contributed by atoms with E-state index in [9.17, 15) is 0 Å². The zero-order valence-corrected chi connectivity index (χ0v) is 9.01. The van der Waals surface area contributed by atoms with Crippen LogP contribution in [0.2, 0.25) is 5.02 Å². The third-order valence-corrected chi connectivity index (χ3v) is 1.89. The van der Waals surface area contributed by atoms with Crippen LogP contribution in [0.5, 0.6) is 5.75 Å². The molecule has 0 aliphatic heterocycles. The van der Waals surface area contributed by atoms with Crippen LogP contribution in [-0.4, -0.2) is 19.9 Å². The minimum atomic E-state index is 0.604. The predicted molar refractivity (Wildman–Crippen MR) is 59.3 cm³/mol. The first kappa shape index (κ1) is 10.9. The molecular formula is C10H13ClN2O. The van der Waals surface area contributed by atoms with Gasteiger partial charge in [0, 0.05) is 7.05 Å². The lowest BCUT2D eigenvalue weighted by atomic mass is 10.2. The highest BCUT2D eigenvalue weighted by molar-refractivity contribution is 6.32. The number of rotatable bonds is 4. The van der Waals surface area contributed by atoms with Crippen molar-refractivity contribution in [2.75, 3.05) is 13.7 Å². The smallest absolute Gasteiger partial charge is 0.137 e. The van der Waals surface area contributed by atoms with Crippen LogP contribution in [0.15, 0.2) is 23.3 Å². The fourth-order valence-electron chi connectivity index (χ4n) is 1.01. The summed E-state index contributed by atoms with van der Waals surface area (Å²) in [7, 11) is 1.74. The van der Waals surface area contributed by atoms with Gasteiger partial charge in [0.15, 0.2) is 0 Å². The number of nitrogens with one attached hydrogen (secondary N) is 1. The molecule has 0 aliphatic rings. The molecule has 0 radical (unpaired) electrons. The van der Waals surface area contributed by atoms with E-state index in [1.54, 1.807) is 13.3 Å². The van der Waals surface area contributed by atoms with E-state index in [1.165, 1.54) is 0 Å². The molecule has 0 fully saturated rings. The van der Waals surface area contributed by atoms with Crippen molar-refractivity contribution in [3.63, 3.8) is 0 Å². The normalized spacial score (nSPS) is 10.5. The van der Waals surface area contributed by atoms with Crippen molar-refractivity contribution in [1.29, 1.82) is 0 Å². The summed E-state index contributed by atoms with van der Waals surface area (Å²) in [6.45, 7) is 2.54. The largest absolute Gasteiger partial charge is 0.492 e. The van der Waals surface area contributed by atoms with E-state index in [4.69, 9.17) is 16.3 Å². The Hall–Kier alpha value is -1.22. The number of halogens is 1. The van der Waals surface area contributed by atoms with E-state index in [1.807, 2.05) is 25.1 Å². The first-order chi connectivity index (χ1) is 6.77. The van der Waals surface area contributed by atoms with E-state index in [0.717, 1.165) is 5.56 Å². The van der Waals surface area contributed by atoms with Crippen molar-refractivity contribution in [2.45, 2.75) is 6.92 Å². The summed E-state index contributed by atoms with van der Waals surface area (Å²) in [5, 5.41) is 4.49. The lowest BCUT2D eigenvalue weighted by Crippen LogP contribution is -1.96. The molecule has 76 valence electrons. The van der Waals surface area contributed by atoms with Crippen LogP contribution in [-0.2, 0) is 0 Å². The predicted octanol–water partition coefficient (Wildman–Crippen LogP) is 2.29. The van der Waals surface area contributed by atoms with Crippen molar-refractivity contribution < 1.29 is 4.74 Å².